The summed E-state index contributed by atoms with van der Waals surface area (Å²) in [6.45, 7) is 2.85. The van der Waals surface area contributed by atoms with Crippen LogP contribution in [0.4, 0.5) is 0 Å². The molecule has 0 atom stereocenters. The molecule has 0 aliphatic heterocycles. The number of aryl methyl sites for hydroxylation is 1. The second kappa shape index (κ2) is 8.16. The van der Waals surface area contributed by atoms with Crippen molar-refractivity contribution in [3.05, 3.63) is 103 Å². The summed E-state index contributed by atoms with van der Waals surface area (Å²) in [4.78, 5) is 9.69. The lowest BCUT2D eigenvalue weighted by molar-refractivity contribution is 0.476. The average Bonchev–Trinajstić information content (AvgIpc) is 3.27. The summed E-state index contributed by atoms with van der Waals surface area (Å²) in [7, 11) is 0. The van der Waals surface area contributed by atoms with Crippen molar-refractivity contribution in [2.24, 2.45) is 0 Å². The number of pyridine rings is 1. The molecule has 4 aromatic carbocycles. The number of benzene rings is 4. The number of phenols is 1. The molecule has 0 radical (unpaired) electrons. The maximum atomic E-state index is 10.5. The largest absolute Gasteiger partial charge is 0.507 e. The maximum Gasteiger partial charge on any atom is 0.144 e. The first kappa shape index (κ1) is 20.2. The van der Waals surface area contributed by atoms with Gasteiger partial charge in [-0.05, 0) is 65.7 Å². The Kier molecular flexibility index (Phi) is 4.84. The van der Waals surface area contributed by atoms with Crippen LogP contribution in [-0.4, -0.2) is 19.6 Å². The number of para-hydroxylation sites is 2. The van der Waals surface area contributed by atoms with E-state index in [9.17, 15) is 5.11 Å². The van der Waals surface area contributed by atoms with Crippen LogP contribution >= 0.6 is 0 Å². The first-order chi connectivity index (χ1) is 16.7. The molecular formula is C30H23N3O. The predicted molar refractivity (Wildman–Crippen MR) is 139 cm³/mol. The second-order valence-electron chi connectivity index (χ2n) is 8.33. The number of phenolic OH excluding ortho intramolecular Hbond substituents is 1. The summed E-state index contributed by atoms with van der Waals surface area (Å²) in [5.41, 5.74) is 6.90. The highest BCUT2D eigenvalue weighted by Crippen LogP contribution is 2.38. The van der Waals surface area contributed by atoms with Crippen molar-refractivity contribution >= 4 is 21.8 Å². The zero-order valence-corrected chi connectivity index (χ0v) is 18.8. The molecule has 0 saturated carbocycles. The van der Waals surface area contributed by atoms with Crippen LogP contribution in [0.3, 0.4) is 0 Å². The molecule has 4 heteroatoms. The van der Waals surface area contributed by atoms with E-state index < -0.39 is 0 Å². The molecule has 0 amide bonds. The predicted octanol–water partition coefficient (Wildman–Crippen LogP) is 7.31. The van der Waals surface area contributed by atoms with E-state index in [1.54, 1.807) is 6.07 Å². The monoisotopic (exact) mass is 441 g/mol. The molecule has 6 aromatic rings. The molecule has 4 nitrogen and oxygen atoms in total. The smallest absolute Gasteiger partial charge is 0.144 e. The first-order valence-corrected chi connectivity index (χ1v) is 11.5. The highest BCUT2D eigenvalue weighted by molar-refractivity contribution is 6.03. The highest BCUT2D eigenvalue weighted by Gasteiger charge is 2.18. The zero-order chi connectivity index (χ0) is 23.1. The van der Waals surface area contributed by atoms with Gasteiger partial charge in [-0.3, -0.25) is 4.98 Å². The lowest BCUT2D eigenvalue weighted by Gasteiger charge is -2.11. The quantitative estimate of drug-likeness (QED) is 0.312. The zero-order valence-electron chi connectivity index (χ0n) is 18.8. The molecule has 0 aliphatic carbocycles. The standard InChI is InChI=1S/C30H23N3O/c1-2-33-27-15-9-13-23(29(27)32-30(33)24-12-5-6-16-28(24)34)21-18-20-10-3-4-11-22(20)25(19-21)26-14-7-8-17-31-26/h3-19,34H,2H2,1H3. The molecule has 2 aromatic heterocycles. The van der Waals surface area contributed by atoms with Gasteiger partial charge < -0.3 is 9.67 Å². The third-order valence-corrected chi connectivity index (χ3v) is 6.35. The third-order valence-electron chi connectivity index (χ3n) is 6.35. The first-order valence-electron chi connectivity index (χ1n) is 11.5. The molecule has 1 N–H and O–H groups in total. The van der Waals surface area contributed by atoms with Crippen LogP contribution in [0.5, 0.6) is 5.75 Å². The Morgan fingerprint density at radius 2 is 1.56 bits per heavy atom. The summed E-state index contributed by atoms with van der Waals surface area (Å²) >= 11 is 0. The van der Waals surface area contributed by atoms with Gasteiger partial charge in [-0.2, -0.15) is 0 Å². The molecule has 0 fully saturated rings. The van der Waals surface area contributed by atoms with Gasteiger partial charge in [-0.1, -0.05) is 54.6 Å². The third kappa shape index (κ3) is 3.23. The fourth-order valence-electron chi connectivity index (χ4n) is 4.77. The van der Waals surface area contributed by atoms with Crippen LogP contribution in [0.1, 0.15) is 6.92 Å². The molecular weight excluding hydrogens is 418 g/mol. The van der Waals surface area contributed by atoms with Crippen LogP contribution in [0.25, 0.3) is 55.6 Å². The maximum absolute atomic E-state index is 10.5. The Hall–Kier alpha value is -4.44. The van der Waals surface area contributed by atoms with Crippen LogP contribution in [0.2, 0.25) is 0 Å². The average molecular weight is 442 g/mol. The highest BCUT2D eigenvalue weighted by atomic mass is 16.3. The van der Waals surface area contributed by atoms with Gasteiger partial charge in [0.05, 0.1) is 22.3 Å². The van der Waals surface area contributed by atoms with Gasteiger partial charge in [0, 0.05) is 23.9 Å². The number of aromatic hydroxyl groups is 1. The van der Waals surface area contributed by atoms with Gasteiger partial charge in [0.25, 0.3) is 0 Å². The topological polar surface area (TPSA) is 50.9 Å². The molecule has 164 valence electrons. The lowest BCUT2D eigenvalue weighted by Crippen LogP contribution is -1.97. The van der Waals surface area contributed by atoms with Crippen LogP contribution in [-0.2, 0) is 6.54 Å². The van der Waals surface area contributed by atoms with Crippen molar-refractivity contribution in [2.45, 2.75) is 13.5 Å². The van der Waals surface area contributed by atoms with E-state index in [0.29, 0.717) is 0 Å². The Bertz CT molecular complexity index is 1650. The van der Waals surface area contributed by atoms with E-state index in [1.807, 2.05) is 42.6 Å². The van der Waals surface area contributed by atoms with Gasteiger partial charge >= 0.3 is 0 Å². The second-order valence-corrected chi connectivity index (χ2v) is 8.33. The summed E-state index contributed by atoms with van der Waals surface area (Å²) in [5, 5.41) is 12.8. The summed E-state index contributed by atoms with van der Waals surface area (Å²) in [5.74, 6) is 1.01. The summed E-state index contributed by atoms with van der Waals surface area (Å²) < 4.78 is 2.16. The molecule has 0 spiro atoms. The molecule has 0 saturated heterocycles. The molecule has 6 rings (SSSR count). The fraction of sp³-hybridized carbons (Fsp3) is 0.0667. The van der Waals surface area contributed by atoms with Crippen molar-refractivity contribution in [3.63, 3.8) is 0 Å². The van der Waals surface area contributed by atoms with E-state index in [2.05, 4.69) is 71.1 Å². The minimum Gasteiger partial charge on any atom is -0.507 e. The minimum atomic E-state index is 0.234. The van der Waals surface area contributed by atoms with Crippen LogP contribution < -0.4 is 0 Å². The Labute approximate surface area is 197 Å². The van der Waals surface area contributed by atoms with Crippen LogP contribution in [0.15, 0.2) is 103 Å². The SMILES string of the molecule is CCn1c(-c2ccccc2O)nc2c(-c3cc(-c4ccccn4)c4ccccc4c3)cccc21. The van der Waals surface area contributed by atoms with Crippen molar-refractivity contribution in [2.75, 3.05) is 0 Å². The number of aromatic nitrogens is 3. The normalized spacial score (nSPS) is 11.3. The Balaban J connectivity index is 1.64. The Morgan fingerprint density at radius 3 is 2.38 bits per heavy atom. The number of nitrogens with zero attached hydrogens (tertiary/aromatic N) is 3. The van der Waals surface area contributed by atoms with Gasteiger partial charge in [-0.25, -0.2) is 4.98 Å². The van der Waals surface area contributed by atoms with Gasteiger partial charge in [0.15, 0.2) is 0 Å². The number of rotatable bonds is 4. The van der Waals surface area contributed by atoms with E-state index in [1.165, 1.54) is 5.39 Å². The van der Waals surface area contributed by atoms with Crippen molar-refractivity contribution in [3.8, 4) is 39.5 Å². The van der Waals surface area contributed by atoms with E-state index >= 15 is 0 Å². The number of fused-ring (bicyclic) bond motifs is 2. The molecule has 0 aliphatic rings. The Morgan fingerprint density at radius 1 is 0.765 bits per heavy atom. The van der Waals surface area contributed by atoms with Crippen molar-refractivity contribution in [1.82, 2.24) is 14.5 Å². The van der Waals surface area contributed by atoms with Crippen LogP contribution in [0, 0.1) is 0 Å². The molecule has 2 heterocycles. The van der Waals surface area contributed by atoms with Crippen molar-refractivity contribution < 1.29 is 5.11 Å². The summed E-state index contributed by atoms with van der Waals surface area (Å²) in [6.07, 6.45) is 1.83. The molecule has 0 unspecified atom stereocenters. The number of imidazole rings is 1. The van der Waals surface area contributed by atoms with E-state index in [4.69, 9.17) is 4.98 Å². The van der Waals surface area contributed by atoms with Gasteiger partial charge in [0.2, 0.25) is 0 Å². The van der Waals surface area contributed by atoms with E-state index in [0.717, 1.165) is 56.7 Å². The van der Waals surface area contributed by atoms with E-state index in [-0.39, 0.29) is 5.75 Å². The number of hydrogen-bond acceptors (Lipinski definition) is 3. The van der Waals surface area contributed by atoms with Crippen molar-refractivity contribution in [1.29, 1.82) is 0 Å². The molecule has 34 heavy (non-hydrogen) atoms. The lowest BCUT2D eigenvalue weighted by atomic mass is 9.94. The number of hydrogen-bond donors (Lipinski definition) is 1. The molecule has 0 bridgehead atoms. The summed E-state index contributed by atoms with van der Waals surface area (Å²) in [6, 6.07) is 32.5. The van der Waals surface area contributed by atoms with Gasteiger partial charge in [0.1, 0.15) is 11.6 Å². The fourth-order valence-corrected chi connectivity index (χ4v) is 4.77. The van der Waals surface area contributed by atoms with Gasteiger partial charge in [-0.15, -0.1) is 0 Å². The minimum absolute atomic E-state index is 0.234.